The number of methoxy groups -OCH3 is 1. The maximum absolute atomic E-state index is 11.0. The predicted molar refractivity (Wildman–Crippen MR) is 79.3 cm³/mol. The number of phenolic OH excluding ortho intramolecular Hbond substituents is 1. The molecule has 0 aliphatic carbocycles. The highest BCUT2D eigenvalue weighted by Gasteiger charge is 2.04. The maximum atomic E-state index is 11.0. The van der Waals surface area contributed by atoms with Crippen LogP contribution in [0.4, 0.5) is 0 Å². The van der Waals surface area contributed by atoms with Crippen LogP contribution in [0.1, 0.15) is 18.4 Å². The third kappa shape index (κ3) is 3.35. The second kappa shape index (κ2) is 6.70. The summed E-state index contributed by atoms with van der Waals surface area (Å²) >= 11 is 0. The van der Waals surface area contributed by atoms with Crippen molar-refractivity contribution in [1.29, 1.82) is 0 Å². The number of fused-ring (bicyclic) bond motifs is 1. The molecule has 4 nitrogen and oxygen atoms in total. The molecular formula is C16H17NO3. The first kappa shape index (κ1) is 14.1. The highest BCUT2D eigenvalue weighted by atomic mass is 16.5. The number of hydrogen-bond donors (Lipinski definition) is 1. The Labute approximate surface area is 117 Å². The zero-order valence-corrected chi connectivity index (χ0v) is 11.4. The first-order valence-corrected chi connectivity index (χ1v) is 6.49. The van der Waals surface area contributed by atoms with Gasteiger partial charge in [-0.05, 0) is 23.3 Å². The fourth-order valence-corrected chi connectivity index (χ4v) is 1.99. The number of nitrogens with zero attached hydrogens (tertiary/aromatic N) is 1. The molecule has 0 radical (unpaired) electrons. The molecule has 0 heterocycles. The van der Waals surface area contributed by atoms with Gasteiger partial charge in [0, 0.05) is 24.7 Å². The average Bonchev–Trinajstić information content (AvgIpc) is 2.48. The molecule has 0 spiro atoms. The highest BCUT2D eigenvalue weighted by Crippen LogP contribution is 2.25. The van der Waals surface area contributed by atoms with Crippen LogP contribution in [-0.2, 0) is 9.53 Å². The van der Waals surface area contributed by atoms with Crippen LogP contribution in [0.2, 0.25) is 0 Å². The SMILES string of the molecule is COC(=O)CCCN=Cc1c(O)ccc2ccccc12. The molecule has 104 valence electrons. The molecule has 0 aromatic heterocycles. The molecule has 0 bridgehead atoms. The number of phenols is 1. The Balaban J connectivity index is 2.09. The van der Waals surface area contributed by atoms with E-state index in [0.29, 0.717) is 24.9 Å². The van der Waals surface area contributed by atoms with E-state index in [-0.39, 0.29) is 11.7 Å². The van der Waals surface area contributed by atoms with Gasteiger partial charge in [-0.15, -0.1) is 0 Å². The van der Waals surface area contributed by atoms with Gasteiger partial charge in [-0.1, -0.05) is 30.3 Å². The van der Waals surface area contributed by atoms with Crippen molar-refractivity contribution < 1.29 is 14.6 Å². The first-order chi connectivity index (χ1) is 9.72. The van der Waals surface area contributed by atoms with Crippen molar-refractivity contribution in [2.24, 2.45) is 4.99 Å². The Bertz CT molecular complexity index is 635. The Morgan fingerprint density at radius 3 is 2.90 bits per heavy atom. The summed E-state index contributed by atoms with van der Waals surface area (Å²) in [6.45, 7) is 0.526. The van der Waals surface area contributed by atoms with Crippen LogP contribution in [0.15, 0.2) is 41.4 Å². The van der Waals surface area contributed by atoms with E-state index in [1.54, 1.807) is 12.3 Å². The Morgan fingerprint density at radius 1 is 1.30 bits per heavy atom. The van der Waals surface area contributed by atoms with Crippen LogP contribution in [0.3, 0.4) is 0 Å². The smallest absolute Gasteiger partial charge is 0.305 e. The van der Waals surface area contributed by atoms with Crippen LogP contribution < -0.4 is 0 Å². The summed E-state index contributed by atoms with van der Waals surface area (Å²) in [4.78, 5) is 15.2. The zero-order chi connectivity index (χ0) is 14.4. The fourth-order valence-electron chi connectivity index (χ4n) is 1.99. The summed E-state index contributed by atoms with van der Waals surface area (Å²) in [5.41, 5.74) is 0.709. The van der Waals surface area contributed by atoms with Gasteiger partial charge in [0.05, 0.1) is 7.11 Å². The highest BCUT2D eigenvalue weighted by molar-refractivity contribution is 6.02. The second-order valence-electron chi connectivity index (χ2n) is 4.43. The number of carbonyl (C=O) groups excluding carboxylic acids is 1. The fraction of sp³-hybridized carbons (Fsp3) is 0.250. The number of carbonyl (C=O) groups is 1. The van der Waals surface area contributed by atoms with Gasteiger partial charge in [0.25, 0.3) is 0 Å². The number of hydrogen-bond acceptors (Lipinski definition) is 4. The van der Waals surface area contributed by atoms with Crippen molar-refractivity contribution in [3.63, 3.8) is 0 Å². The van der Waals surface area contributed by atoms with Crippen molar-refractivity contribution in [3.05, 3.63) is 42.0 Å². The van der Waals surface area contributed by atoms with Crippen LogP contribution >= 0.6 is 0 Å². The van der Waals surface area contributed by atoms with E-state index >= 15 is 0 Å². The normalized spacial score (nSPS) is 11.1. The van der Waals surface area contributed by atoms with E-state index < -0.39 is 0 Å². The number of esters is 1. The van der Waals surface area contributed by atoms with E-state index in [2.05, 4.69) is 9.73 Å². The third-order valence-electron chi connectivity index (χ3n) is 3.06. The Hall–Kier alpha value is -2.36. The molecule has 0 unspecified atom stereocenters. The van der Waals surface area contributed by atoms with Crippen LogP contribution in [0.25, 0.3) is 10.8 Å². The summed E-state index contributed by atoms with van der Waals surface area (Å²) in [6, 6.07) is 11.4. The number of rotatable bonds is 5. The van der Waals surface area contributed by atoms with Crippen LogP contribution in [0, 0.1) is 0 Å². The summed E-state index contributed by atoms with van der Waals surface area (Å²) in [6.07, 6.45) is 2.65. The number of aromatic hydroxyl groups is 1. The summed E-state index contributed by atoms with van der Waals surface area (Å²) in [5.74, 6) is -0.0198. The van der Waals surface area contributed by atoms with Gasteiger partial charge in [-0.3, -0.25) is 9.79 Å². The molecule has 2 rings (SSSR count). The van der Waals surface area contributed by atoms with E-state index in [4.69, 9.17) is 0 Å². The van der Waals surface area contributed by atoms with Crippen LogP contribution in [0.5, 0.6) is 5.75 Å². The summed E-state index contributed by atoms with van der Waals surface area (Å²) < 4.78 is 4.56. The first-order valence-electron chi connectivity index (χ1n) is 6.49. The lowest BCUT2D eigenvalue weighted by atomic mass is 10.0. The van der Waals surface area contributed by atoms with Gasteiger partial charge < -0.3 is 9.84 Å². The van der Waals surface area contributed by atoms with E-state index in [1.165, 1.54) is 7.11 Å². The van der Waals surface area contributed by atoms with E-state index in [0.717, 1.165) is 10.8 Å². The molecule has 0 amide bonds. The average molecular weight is 271 g/mol. The molecule has 0 saturated heterocycles. The molecule has 0 aliphatic heterocycles. The number of benzene rings is 2. The van der Waals surface area contributed by atoms with Gasteiger partial charge in [-0.25, -0.2) is 0 Å². The lowest BCUT2D eigenvalue weighted by Gasteiger charge is -2.04. The van der Waals surface area contributed by atoms with E-state index in [1.807, 2.05) is 30.3 Å². The minimum atomic E-state index is -0.229. The number of aliphatic imine (C=N–C) groups is 1. The Kier molecular flexibility index (Phi) is 4.71. The van der Waals surface area contributed by atoms with E-state index in [9.17, 15) is 9.90 Å². The van der Waals surface area contributed by atoms with Crippen molar-refractivity contribution in [2.45, 2.75) is 12.8 Å². The molecule has 0 fully saturated rings. The van der Waals surface area contributed by atoms with Crippen molar-refractivity contribution >= 4 is 23.0 Å². The monoisotopic (exact) mass is 271 g/mol. The summed E-state index contributed by atoms with van der Waals surface area (Å²) in [7, 11) is 1.37. The molecule has 0 saturated carbocycles. The van der Waals surface area contributed by atoms with Gasteiger partial charge in [-0.2, -0.15) is 0 Å². The van der Waals surface area contributed by atoms with Crippen molar-refractivity contribution in [2.75, 3.05) is 13.7 Å². The van der Waals surface area contributed by atoms with Crippen molar-refractivity contribution in [3.8, 4) is 5.75 Å². The molecule has 4 heteroatoms. The van der Waals surface area contributed by atoms with Gasteiger partial charge >= 0.3 is 5.97 Å². The van der Waals surface area contributed by atoms with Crippen molar-refractivity contribution in [1.82, 2.24) is 0 Å². The van der Waals surface area contributed by atoms with Crippen LogP contribution in [-0.4, -0.2) is 30.9 Å². The quantitative estimate of drug-likeness (QED) is 0.517. The molecule has 2 aromatic rings. The lowest BCUT2D eigenvalue weighted by Crippen LogP contribution is -2.00. The molecule has 20 heavy (non-hydrogen) atoms. The lowest BCUT2D eigenvalue weighted by molar-refractivity contribution is -0.140. The predicted octanol–water partition coefficient (Wildman–Crippen LogP) is 2.92. The second-order valence-corrected chi connectivity index (χ2v) is 4.43. The zero-order valence-electron chi connectivity index (χ0n) is 11.4. The number of ether oxygens (including phenoxy) is 1. The largest absolute Gasteiger partial charge is 0.507 e. The molecule has 0 aliphatic rings. The Morgan fingerprint density at radius 2 is 2.10 bits per heavy atom. The topological polar surface area (TPSA) is 58.9 Å². The standard InChI is InChI=1S/C16H17NO3/c1-20-16(19)7-4-10-17-11-14-13-6-3-2-5-12(13)8-9-15(14)18/h2-3,5-6,8-9,11,18H,4,7,10H2,1H3. The maximum Gasteiger partial charge on any atom is 0.305 e. The minimum absolute atomic E-state index is 0.209. The molecule has 2 aromatic carbocycles. The molecular weight excluding hydrogens is 254 g/mol. The van der Waals surface area contributed by atoms with Gasteiger partial charge in [0.15, 0.2) is 0 Å². The summed E-state index contributed by atoms with van der Waals surface area (Å²) in [5, 5.41) is 11.9. The molecule has 1 N–H and O–H groups in total. The van der Waals surface area contributed by atoms with Gasteiger partial charge in [0.1, 0.15) is 5.75 Å². The minimum Gasteiger partial charge on any atom is -0.507 e. The molecule has 0 atom stereocenters. The third-order valence-corrected chi connectivity index (χ3v) is 3.06. The van der Waals surface area contributed by atoms with Gasteiger partial charge in [0.2, 0.25) is 0 Å².